The molecule has 0 saturated carbocycles. The Labute approximate surface area is 80.7 Å². The van der Waals surface area contributed by atoms with Gasteiger partial charge in [0, 0.05) is 22.2 Å². The van der Waals surface area contributed by atoms with Gasteiger partial charge in [0.1, 0.15) is 0 Å². The molecule has 72 valence electrons. The summed E-state index contributed by atoms with van der Waals surface area (Å²) in [5.41, 5.74) is -0.241. The second-order valence-corrected chi connectivity index (χ2v) is 3.63. The topological polar surface area (TPSA) is 43.1 Å². The minimum absolute atomic E-state index is 0.0401. The van der Waals surface area contributed by atoms with Gasteiger partial charge in [0.05, 0.1) is 4.92 Å². The Morgan fingerprint density at radius 3 is 2.71 bits per heavy atom. The Hall–Kier alpha value is -1.56. The zero-order valence-electron chi connectivity index (χ0n) is 6.66. The van der Waals surface area contributed by atoms with Crippen molar-refractivity contribution in [2.75, 3.05) is 0 Å². The van der Waals surface area contributed by atoms with Crippen LogP contribution in [0.3, 0.4) is 0 Å². The fraction of sp³-hybridized carbons (Fsp3) is 0. The third kappa shape index (κ3) is 1.24. The lowest BCUT2D eigenvalue weighted by Crippen LogP contribution is -1.86. The summed E-state index contributed by atoms with van der Waals surface area (Å²) in [6, 6.07) is 3.59. The molecular formula is C8H3F2NO2S. The lowest BCUT2D eigenvalue weighted by Gasteiger charge is -1.90. The van der Waals surface area contributed by atoms with Crippen molar-refractivity contribution in [3.05, 3.63) is 39.3 Å². The van der Waals surface area contributed by atoms with Crippen LogP contribution in [0.15, 0.2) is 18.2 Å². The molecular weight excluding hydrogens is 212 g/mol. The zero-order chi connectivity index (χ0) is 10.3. The number of nitro groups is 1. The van der Waals surface area contributed by atoms with E-state index in [-0.39, 0.29) is 11.1 Å². The van der Waals surface area contributed by atoms with Crippen LogP contribution in [0.4, 0.5) is 14.5 Å². The van der Waals surface area contributed by atoms with E-state index in [2.05, 4.69) is 0 Å². The number of hydrogen-bond acceptors (Lipinski definition) is 3. The van der Waals surface area contributed by atoms with Crippen LogP contribution in [0.1, 0.15) is 0 Å². The molecule has 0 aliphatic rings. The van der Waals surface area contributed by atoms with Crippen LogP contribution in [0.25, 0.3) is 10.1 Å². The highest BCUT2D eigenvalue weighted by molar-refractivity contribution is 7.17. The van der Waals surface area contributed by atoms with Gasteiger partial charge in [-0.3, -0.25) is 10.1 Å². The van der Waals surface area contributed by atoms with E-state index >= 15 is 0 Å². The number of non-ortho nitro benzene ring substituents is 1. The summed E-state index contributed by atoms with van der Waals surface area (Å²) >= 11 is 0.635. The maximum absolute atomic E-state index is 13.0. The van der Waals surface area contributed by atoms with Gasteiger partial charge in [0.25, 0.3) is 5.69 Å². The molecule has 1 aromatic carbocycles. The fourth-order valence-electron chi connectivity index (χ4n) is 1.14. The van der Waals surface area contributed by atoms with Crippen molar-refractivity contribution in [2.24, 2.45) is 0 Å². The first-order valence-electron chi connectivity index (χ1n) is 3.61. The van der Waals surface area contributed by atoms with Gasteiger partial charge >= 0.3 is 0 Å². The second-order valence-electron chi connectivity index (χ2n) is 2.63. The summed E-state index contributed by atoms with van der Waals surface area (Å²) in [4.78, 5) is 9.71. The van der Waals surface area contributed by atoms with Gasteiger partial charge < -0.3 is 0 Å². The highest BCUT2D eigenvalue weighted by Gasteiger charge is 2.15. The lowest BCUT2D eigenvalue weighted by molar-refractivity contribution is -0.384. The number of halogens is 2. The molecule has 3 nitrogen and oxygen atoms in total. The molecule has 0 amide bonds. The molecule has 1 heterocycles. The quantitative estimate of drug-likeness (QED) is 0.542. The van der Waals surface area contributed by atoms with Gasteiger partial charge in [-0.15, -0.1) is 11.3 Å². The van der Waals surface area contributed by atoms with Crippen molar-refractivity contribution in [1.29, 1.82) is 0 Å². The number of nitro benzene ring substituents is 1. The van der Waals surface area contributed by atoms with E-state index in [9.17, 15) is 18.9 Å². The number of benzene rings is 1. The maximum Gasteiger partial charge on any atom is 0.270 e. The van der Waals surface area contributed by atoms with Gasteiger partial charge in [-0.05, 0) is 6.07 Å². The molecule has 0 fully saturated rings. The first kappa shape index (κ1) is 9.01. The maximum atomic E-state index is 13.0. The van der Waals surface area contributed by atoms with E-state index in [1.165, 1.54) is 12.1 Å². The molecule has 6 heteroatoms. The largest absolute Gasteiger partial charge is 0.270 e. The Bertz CT molecular complexity index is 523. The molecule has 0 aliphatic carbocycles. The Balaban J connectivity index is 2.76. The van der Waals surface area contributed by atoms with Crippen molar-refractivity contribution in [2.45, 2.75) is 0 Å². The summed E-state index contributed by atoms with van der Waals surface area (Å²) in [7, 11) is 0. The SMILES string of the molecule is O=[N+]([O-])c1ccc2sc(F)c(F)c2c1. The predicted molar refractivity (Wildman–Crippen MR) is 48.4 cm³/mol. The van der Waals surface area contributed by atoms with Crippen LogP contribution < -0.4 is 0 Å². The van der Waals surface area contributed by atoms with Crippen LogP contribution in [0.5, 0.6) is 0 Å². The van der Waals surface area contributed by atoms with Gasteiger partial charge in [-0.25, -0.2) is 4.39 Å². The third-order valence-corrected chi connectivity index (χ3v) is 2.72. The average Bonchev–Trinajstić information content (AvgIpc) is 2.43. The lowest BCUT2D eigenvalue weighted by atomic mass is 10.2. The molecule has 14 heavy (non-hydrogen) atoms. The first-order valence-corrected chi connectivity index (χ1v) is 4.43. The summed E-state index contributed by atoms with van der Waals surface area (Å²) in [5.74, 6) is -1.02. The molecule has 0 saturated heterocycles. The van der Waals surface area contributed by atoms with E-state index in [1.807, 2.05) is 0 Å². The highest BCUT2D eigenvalue weighted by Crippen LogP contribution is 2.31. The first-order chi connectivity index (χ1) is 6.59. The van der Waals surface area contributed by atoms with E-state index in [0.29, 0.717) is 16.0 Å². The zero-order valence-corrected chi connectivity index (χ0v) is 7.48. The van der Waals surface area contributed by atoms with Crippen molar-refractivity contribution in [1.82, 2.24) is 0 Å². The number of fused-ring (bicyclic) bond motifs is 1. The van der Waals surface area contributed by atoms with E-state index in [0.717, 1.165) is 6.07 Å². The van der Waals surface area contributed by atoms with Crippen LogP contribution in [0.2, 0.25) is 0 Å². The highest BCUT2D eigenvalue weighted by atomic mass is 32.1. The van der Waals surface area contributed by atoms with Crippen molar-refractivity contribution >= 4 is 27.1 Å². The minimum Gasteiger partial charge on any atom is -0.258 e. The summed E-state index contributed by atoms with van der Waals surface area (Å²) in [5, 5.41) is 9.37. The molecule has 1 aromatic heterocycles. The summed E-state index contributed by atoms with van der Waals surface area (Å²) < 4.78 is 26.1. The second kappa shape index (κ2) is 2.98. The predicted octanol–water partition coefficient (Wildman–Crippen LogP) is 3.09. The van der Waals surface area contributed by atoms with Crippen LogP contribution in [-0.2, 0) is 0 Å². The Kier molecular flexibility index (Phi) is 1.92. The molecule has 0 bridgehead atoms. The number of rotatable bonds is 1. The molecule has 0 unspecified atom stereocenters. The molecule has 0 radical (unpaired) electrons. The minimum atomic E-state index is -1.02. The van der Waals surface area contributed by atoms with Gasteiger partial charge in [0.15, 0.2) is 5.82 Å². The molecule has 2 rings (SSSR count). The van der Waals surface area contributed by atoms with Crippen molar-refractivity contribution in [3.63, 3.8) is 0 Å². The van der Waals surface area contributed by atoms with Crippen molar-refractivity contribution in [3.8, 4) is 0 Å². The third-order valence-electron chi connectivity index (χ3n) is 1.78. The molecule has 2 aromatic rings. The monoisotopic (exact) mass is 215 g/mol. The standard InChI is InChI=1S/C8H3F2NO2S/c9-7-5-3-4(11(12)13)1-2-6(5)14-8(7)10/h1-3H. The van der Waals surface area contributed by atoms with Crippen LogP contribution in [0, 0.1) is 21.1 Å². The Morgan fingerprint density at radius 2 is 2.07 bits per heavy atom. The molecule has 0 N–H and O–H groups in total. The van der Waals surface area contributed by atoms with E-state index < -0.39 is 15.9 Å². The number of hydrogen-bond donors (Lipinski definition) is 0. The van der Waals surface area contributed by atoms with Gasteiger partial charge in [-0.1, -0.05) is 0 Å². The number of thiophene rings is 1. The van der Waals surface area contributed by atoms with Crippen LogP contribution >= 0.6 is 11.3 Å². The van der Waals surface area contributed by atoms with Crippen LogP contribution in [-0.4, -0.2) is 4.92 Å². The van der Waals surface area contributed by atoms with Gasteiger partial charge in [0.2, 0.25) is 5.13 Å². The fourth-order valence-corrected chi connectivity index (χ4v) is 1.93. The summed E-state index contributed by atoms with van der Waals surface area (Å²) in [6.07, 6.45) is 0. The Morgan fingerprint density at radius 1 is 1.36 bits per heavy atom. The normalized spacial score (nSPS) is 10.7. The average molecular weight is 215 g/mol. The summed E-state index contributed by atoms with van der Waals surface area (Å²) in [6.45, 7) is 0. The van der Waals surface area contributed by atoms with E-state index in [1.54, 1.807) is 0 Å². The smallest absolute Gasteiger partial charge is 0.258 e. The van der Waals surface area contributed by atoms with Gasteiger partial charge in [-0.2, -0.15) is 4.39 Å². The van der Waals surface area contributed by atoms with Crippen molar-refractivity contribution < 1.29 is 13.7 Å². The molecule has 0 aliphatic heterocycles. The molecule has 0 spiro atoms. The van der Waals surface area contributed by atoms with E-state index in [4.69, 9.17) is 0 Å². The molecule has 0 atom stereocenters. The number of nitrogens with zero attached hydrogens (tertiary/aromatic N) is 1.